The number of aromatic nitrogens is 2. The summed E-state index contributed by atoms with van der Waals surface area (Å²) in [5, 5.41) is 23.6. The topological polar surface area (TPSA) is 143 Å². The fourth-order valence-corrected chi connectivity index (χ4v) is 3.38. The number of rotatable bonds is 6. The lowest BCUT2D eigenvalue weighted by molar-refractivity contribution is -0.152. The van der Waals surface area contributed by atoms with E-state index in [1.807, 2.05) is 0 Å². The van der Waals surface area contributed by atoms with Gasteiger partial charge in [0.1, 0.15) is 18.3 Å². The Morgan fingerprint density at radius 2 is 1.97 bits per heavy atom. The first-order valence-electron chi connectivity index (χ1n) is 9.47. The molecule has 2 heterocycles. The molecule has 0 unspecified atom stereocenters. The number of aryl methyl sites for hydroxylation is 1. The van der Waals surface area contributed by atoms with Crippen molar-refractivity contribution in [1.29, 1.82) is 0 Å². The molecule has 10 nitrogen and oxygen atoms in total. The lowest BCUT2D eigenvalue weighted by Gasteiger charge is -2.38. The SMILES string of the molecule is COCc1ccc(C(=O)N[C@@H]2CO[C@H](Cn3c(C)cc(=O)[nH]c3=O)[C@@H](O)[C@H]2O)cc1. The van der Waals surface area contributed by atoms with Gasteiger partial charge in [0.05, 0.1) is 25.8 Å². The number of amides is 1. The van der Waals surface area contributed by atoms with Crippen molar-refractivity contribution in [2.75, 3.05) is 13.7 Å². The zero-order valence-electron chi connectivity index (χ0n) is 16.7. The van der Waals surface area contributed by atoms with Gasteiger partial charge in [0, 0.05) is 24.4 Å². The second-order valence-electron chi connectivity index (χ2n) is 7.25. The van der Waals surface area contributed by atoms with Crippen LogP contribution in [0.1, 0.15) is 21.6 Å². The van der Waals surface area contributed by atoms with Gasteiger partial charge in [-0.15, -0.1) is 0 Å². The van der Waals surface area contributed by atoms with Crippen molar-refractivity contribution in [2.24, 2.45) is 0 Å². The minimum Gasteiger partial charge on any atom is -0.388 e. The van der Waals surface area contributed by atoms with Crippen molar-refractivity contribution in [1.82, 2.24) is 14.9 Å². The van der Waals surface area contributed by atoms with Crippen molar-refractivity contribution < 1.29 is 24.5 Å². The van der Waals surface area contributed by atoms with E-state index < -0.39 is 41.5 Å². The third kappa shape index (κ3) is 4.85. The van der Waals surface area contributed by atoms with Crippen molar-refractivity contribution in [3.05, 3.63) is 68.0 Å². The number of carbonyl (C=O) groups is 1. The first kappa shape index (κ1) is 21.9. The van der Waals surface area contributed by atoms with Gasteiger partial charge in [-0.05, 0) is 24.6 Å². The average molecular weight is 419 g/mol. The van der Waals surface area contributed by atoms with Crippen molar-refractivity contribution in [3.63, 3.8) is 0 Å². The zero-order chi connectivity index (χ0) is 21.8. The molecule has 1 aromatic heterocycles. The summed E-state index contributed by atoms with van der Waals surface area (Å²) in [5.41, 5.74) is 0.575. The molecule has 1 aliphatic heterocycles. The first-order chi connectivity index (χ1) is 14.3. The fourth-order valence-electron chi connectivity index (χ4n) is 3.38. The monoisotopic (exact) mass is 419 g/mol. The summed E-state index contributed by atoms with van der Waals surface area (Å²) >= 11 is 0. The molecule has 162 valence electrons. The smallest absolute Gasteiger partial charge is 0.328 e. The second kappa shape index (κ2) is 9.35. The number of aromatic amines is 1. The van der Waals surface area contributed by atoms with Crippen LogP contribution in [-0.4, -0.2) is 63.7 Å². The van der Waals surface area contributed by atoms with Crippen molar-refractivity contribution in [2.45, 2.75) is 44.4 Å². The second-order valence-corrected chi connectivity index (χ2v) is 7.25. The third-order valence-electron chi connectivity index (χ3n) is 5.08. The van der Waals surface area contributed by atoms with Crippen LogP contribution < -0.4 is 16.6 Å². The molecular weight excluding hydrogens is 394 g/mol. The highest BCUT2D eigenvalue weighted by Gasteiger charge is 2.39. The molecule has 4 N–H and O–H groups in total. The minimum atomic E-state index is -1.34. The fraction of sp³-hybridized carbons (Fsp3) is 0.450. The summed E-state index contributed by atoms with van der Waals surface area (Å²) in [6.45, 7) is 1.92. The molecule has 30 heavy (non-hydrogen) atoms. The third-order valence-corrected chi connectivity index (χ3v) is 5.08. The summed E-state index contributed by atoms with van der Waals surface area (Å²) in [7, 11) is 1.58. The Hall–Kier alpha value is -2.79. The molecule has 1 fully saturated rings. The molecule has 0 bridgehead atoms. The number of H-pyrrole nitrogens is 1. The number of nitrogens with one attached hydrogen (secondary N) is 2. The Morgan fingerprint density at radius 1 is 1.27 bits per heavy atom. The number of nitrogens with zero attached hydrogens (tertiary/aromatic N) is 1. The van der Waals surface area contributed by atoms with E-state index >= 15 is 0 Å². The molecule has 1 aromatic carbocycles. The van der Waals surface area contributed by atoms with Gasteiger partial charge in [0.2, 0.25) is 0 Å². The highest BCUT2D eigenvalue weighted by atomic mass is 16.5. The summed E-state index contributed by atoms with van der Waals surface area (Å²) in [6, 6.07) is 7.25. The van der Waals surface area contributed by atoms with Gasteiger partial charge in [-0.3, -0.25) is 19.1 Å². The van der Waals surface area contributed by atoms with Crippen LogP contribution in [0.2, 0.25) is 0 Å². The van der Waals surface area contributed by atoms with Crippen molar-refractivity contribution in [3.8, 4) is 0 Å². The lowest BCUT2D eigenvalue weighted by atomic mass is 9.97. The largest absolute Gasteiger partial charge is 0.388 e. The van der Waals surface area contributed by atoms with E-state index in [9.17, 15) is 24.6 Å². The van der Waals surface area contributed by atoms with Crippen LogP contribution >= 0.6 is 0 Å². The maximum Gasteiger partial charge on any atom is 0.328 e. The molecule has 1 aliphatic rings. The van der Waals surface area contributed by atoms with Gasteiger partial charge in [-0.1, -0.05) is 12.1 Å². The average Bonchev–Trinajstić information content (AvgIpc) is 2.70. The quantitative estimate of drug-likeness (QED) is 0.466. The highest BCUT2D eigenvalue weighted by Crippen LogP contribution is 2.18. The maximum absolute atomic E-state index is 12.5. The summed E-state index contributed by atoms with van der Waals surface area (Å²) in [5.74, 6) is -0.412. The van der Waals surface area contributed by atoms with Crippen LogP contribution in [0.25, 0.3) is 0 Å². The highest BCUT2D eigenvalue weighted by molar-refractivity contribution is 5.94. The van der Waals surface area contributed by atoms with Crippen LogP contribution in [0.4, 0.5) is 0 Å². The van der Waals surface area contributed by atoms with E-state index in [-0.39, 0.29) is 13.2 Å². The molecule has 10 heteroatoms. The number of hydrogen-bond donors (Lipinski definition) is 4. The molecule has 1 saturated heterocycles. The van der Waals surface area contributed by atoms with Gasteiger partial charge in [0.25, 0.3) is 11.5 Å². The number of methoxy groups -OCH3 is 1. The van der Waals surface area contributed by atoms with Gasteiger partial charge in [-0.2, -0.15) is 0 Å². The Kier molecular flexibility index (Phi) is 6.83. The number of carbonyl (C=O) groups excluding carboxylic acids is 1. The minimum absolute atomic E-state index is 0.0481. The number of ether oxygens (including phenoxy) is 2. The molecule has 0 saturated carbocycles. The number of aliphatic hydroxyl groups is 2. The van der Waals surface area contributed by atoms with Gasteiger partial charge in [0.15, 0.2) is 0 Å². The van der Waals surface area contributed by atoms with E-state index in [0.717, 1.165) is 5.56 Å². The molecule has 1 amide bonds. The Labute approximate surface area is 172 Å². The molecule has 0 spiro atoms. The number of benzene rings is 1. The Bertz CT molecular complexity index is 999. The van der Waals surface area contributed by atoms with Gasteiger partial charge < -0.3 is 25.0 Å². The van der Waals surface area contributed by atoms with Crippen LogP contribution in [-0.2, 0) is 22.6 Å². The van der Waals surface area contributed by atoms with Crippen LogP contribution in [0, 0.1) is 6.92 Å². The van der Waals surface area contributed by atoms with E-state index in [1.54, 1.807) is 38.3 Å². The van der Waals surface area contributed by atoms with Crippen molar-refractivity contribution >= 4 is 5.91 Å². The summed E-state index contributed by atoms with van der Waals surface area (Å²) in [6.07, 6.45) is -3.52. The first-order valence-corrected chi connectivity index (χ1v) is 9.47. The van der Waals surface area contributed by atoms with E-state index in [0.29, 0.717) is 17.9 Å². The van der Waals surface area contributed by atoms with Crippen LogP contribution in [0.5, 0.6) is 0 Å². The van der Waals surface area contributed by atoms with Gasteiger partial charge >= 0.3 is 5.69 Å². The normalized spacial score (nSPS) is 23.9. The molecule has 3 rings (SSSR count). The Balaban J connectivity index is 1.64. The van der Waals surface area contributed by atoms with Crippen LogP contribution in [0.15, 0.2) is 39.9 Å². The predicted molar refractivity (Wildman–Crippen MR) is 106 cm³/mol. The predicted octanol–water partition coefficient (Wildman–Crippen LogP) is -1.09. The van der Waals surface area contributed by atoms with E-state index in [1.165, 1.54) is 10.6 Å². The molecule has 0 aliphatic carbocycles. The number of hydrogen-bond acceptors (Lipinski definition) is 7. The van der Waals surface area contributed by atoms with Crippen LogP contribution in [0.3, 0.4) is 0 Å². The zero-order valence-corrected chi connectivity index (χ0v) is 16.7. The maximum atomic E-state index is 12.5. The molecular formula is C20H25N3O7. The lowest BCUT2D eigenvalue weighted by Crippen LogP contribution is -2.60. The molecule has 4 atom stereocenters. The van der Waals surface area contributed by atoms with E-state index in [2.05, 4.69) is 10.3 Å². The molecule has 2 aromatic rings. The summed E-state index contributed by atoms with van der Waals surface area (Å²) in [4.78, 5) is 38.0. The molecule has 0 radical (unpaired) electrons. The van der Waals surface area contributed by atoms with Gasteiger partial charge in [-0.25, -0.2) is 4.79 Å². The Morgan fingerprint density at radius 3 is 2.60 bits per heavy atom. The summed E-state index contributed by atoms with van der Waals surface area (Å²) < 4.78 is 11.9. The standard InChI is InChI=1S/C20H25N3O7/c1-11-7-16(24)22-20(28)23(11)8-15-18(26)17(25)14(10-30-15)21-19(27)13-5-3-12(4-6-13)9-29-2/h3-7,14-15,17-18,25-26H,8-10H2,1-2H3,(H,21,27)(H,22,24,28)/t14-,15-,17+,18-/m1/s1. The van der Waals surface area contributed by atoms with E-state index in [4.69, 9.17) is 9.47 Å². The number of aliphatic hydroxyl groups excluding tert-OH is 2.